The molecule has 1 amide bonds. The molecule has 0 spiro atoms. The van der Waals surface area contributed by atoms with Crippen LogP contribution in [0.25, 0.3) is 0 Å². The van der Waals surface area contributed by atoms with Crippen molar-refractivity contribution in [2.24, 2.45) is 0 Å². The SMILES string of the molecule is COc1cc2c(cc1C)CCC1C2c2cc(C)ccc2C(=O)N1Cc1ccccc1. The van der Waals surface area contributed by atoms with E-state index in [-0.39, 0.29) is 17.9 Å². The number of benzene rings is 3. The van der Waals surface area contributed by atoms with Gasteiger partial charge in [-0.2, -0.15) is 0 Å². The molecule has 0 saturated carbocycles. The van der Waals surface area contributed by atoms with E-state index in [9.17, 15) is 4.79 Å². The molecule has 1 heterocycles. The normalized spacial score (nSPS) is 19.7. The van der Waals surface area contributed by atoms with Gasteiger partial charge in [0.15, 0.2) is 0 Å². The highest BCUT2D eigenvalue weighted by Crippen LogP contribution is 2.46. The molecule has 1 aliphatic heterocycles. The molecule has 2 unspecified atom stereocenters. The number of hydrogen-bond donors (Lipinski definition) is 0. The van der Waals surface area contributed by atoms with Crippen molar-refractivity contribution in [3.63, 3.8) is 0 Å². The van der Waals surface area contributed by atoms with Crippen molar-refractivity contribution in [1.29, 1.82) is 0 Å². The van der Waals surface area contributed by atoms with Crippen LogP contribution in [0.4, 0.5) is 0 Å². The fourth-order valence-electron chi connectivity index (χ4n) is 5.29. The molecule has 2 aliphatic rings. The molecule has 30 heavy (non-hydrogen) atoms. The fourth-order valence-corrected chi connectivity index (χ4v) is 5.29. The summed E-state index contributed by atoms with van der Waals surface area (Å²) in [6.45, 7) is 4.86. The first kappa shape index (κ1) is 18.9. The molecule has 3 aromatic rings. The van der Waals surface area contributed by atoms with E-state index in [2.05, 4.69) is 55.1 Å². The molecular weight excluding hydrogens is 370 g/mol. The fraction of sp³-hybridized carbons (Fsp3) is 0.296. The second kappa shape index (κ2) is 7.32. The van der Waals surface area contributed by atoms with Gasteiger partial charge < -0.3 is 9.64 Å². The third kappa shape index (κ3) is 3.00. The zero-order valence-electron chi connectivity index (χ0n) is 17.8. The molecule has 3 nitrogen and oxygen atoms in total. The number of methoxy groups -OCH3 is 1. The number of ether oxygens (including phenoxy) is 1. The average molecular weight is 398 g/mol. The summed E-state index contributed by atoms with van der Waals surface area (Å²) in [6, 6.07) is 21.3. The first-order valence-electron chi connectivity index (χ1n) is 10.7. The molecule has 1 aliphatic carbocycles. The predicted octanol–water partition coefficient (Wildman–Crippen LogP) is 5.41. The van der Waals surface area contributed by atoms with Gasteiger partial charge in [0.05, 0.1) is 7.11 Å². The summed E-state index contributed by atoms with van der Waals surface area (Å²) in [7, 11) is 1.74. The summed E-state index contributed by atoms with van der Waals surface area (Å²) < 4.78 is 5.67. The van der Waals surface area contributed by atoms with Crippen molar-refractivity contribution >= 4 is 5.91 Å². The van der Waals surface area contributed by atoms with E-state index in [1.54, 1.807) is 7.11 Å². The predicted molar refractivity (Wildman–Crippen MR) is 119 cm³/mol. The Kier molecular flexibility index (Phi) is 4.62. The van der Waals surface area contributed by atoms with E-state index < -0.39 is 0 Å². The summed E-state index contributed by atoms with van der Waals surface area (Å²) in [6.07, 6.45) is 1.97. The molecule has 0 aromatic heterocycles. The lowest BCUT2D eigenvalue weighted by Crippen LogP contribution is -2.49. The van der Waals surface area contributed by atoms with E-state index in [0.717, 1.165) is 24.2 Å². The zero-order chi connectivity index (χ0) is 20.8. The van der Waals surface area contributed by atoms with Crippen LogP contribution in [-0.4, -0.2) is 24.0 Å². The van der Waals surface area contributed by atoms with Gasteiger partial charge in [-0.15, -0.1) is 0 Å². The Balaban J connectivity index is 1.68. The van der Waals surface area contributed by atoms with Crippen molar-refractivity contribution in [3.8, 4) is 5.75 Å². The topological polar surface area (TPSA) is 29.5 Å². The summed E-state index contributed by atoms with van der Waals surface area (Å²) in [5.41, 5.74) is 8.25. The maximum absolute atomic E-state index is 13.6. The molecule has 3 aromatic carbocycles. The van der Waals surface area contributed by atoms with E-state index >= 15 is 0 Å². The van der Waals surface area contributed by atoms with E-state index in [1.807, 2.05) is 24.3 Å². The standard InChI is InChI=1S/C27H27NO2/c1-17-9-11-21-23(13-17)26-22-15-25(30-3)18(2)14-20(22)10-12-24(26)28(27(21)29)16-19-7-5-4-6-8-19/h4-9,11,13-15,24,26H,10,12,16H2,1-3H3. The van der Waals surface area contributed by atoms with Crippen LogP contribution >= 0.6 is 0 Å². The largest absolute Gasteiger partial charge is 0.496 e. The van der Waals surface area contributed by atoms with Gasteiger partial charge in [0, 0.05) is 24.1 Å². The first-order valence-corrected chi connectivity index (χ1v) is 10.7. The molecule has 0 bridgehead atoms. The molecule has 5 rings (SSSR count). The van der Waals surface area contributed by atoms with Crippen molar-refractivity contribution < 1.29 is 9.53 Å². The van der Waals surface area contributed by atoms with Crippen LogP contribution in [0, 0.1) is 13.8 Å². The van der Waals surface area contributed by atoms with Crippen LogP contribution in [0.3, 0.4) is 0 Å². The van der Waals surface area contributed by atoms with Gasteiger partial charge in [0.25, 0.3) is 5.91 Å². The number of nitrogens with zero attached hydrogens (tertiary/aromatic N) is 1. The lowest BCUT2D eigenvalue weighted by atomic mass is 9.70. The Morgan fingerprint density at radius 1 is 1.00 bits per heavy atom. The number of amides is 1. The molecular formula is C27H27NO2. The highest BCUT2D eigenvalue weighted by Gasteiger charge is 2.43. The van der Waals surface area contributed by atoms with Gasteiger partial charge in [0.1, 0.15) is 5.75 Å². The molecule has 0 N–H and O–H groups in total. The van der Waals surface area contributed by atoms with Crippen molar-refractivity contribution in [2.75, 3.05) is 7.11 Å². The molecule has 2 atom stereocenters. The van der Waals surface area contributed by atoms with Crippen molar-refractivity contribution in [2.45, 2.75) is 45.2 Å². The second-order valence-corrected chi connectivity index (χ2v) is 8.61. The minimum atomic E-state index is 0.151. The maximum Gasteiger partial charge on any atom is 0.254 e. The van der Waals surface area contributed by atoms with Gasteiger partial charge >= 0.3 is 0 Å². The average Bonchev–Trinajstić information content (AvgIpc) is 2.76. The molecule has 0 fully saturated rings. The molecule has 0 radical (unpaired) electrons. The lowest BCUT2D eigenvalue weighted by Gasteiger charge is -2.46. The monoisotopic (exact) mass is 397 g/mol. The quantitative estimate of drug-likeness (QED) is 0.591. The third-order valence-corrected chi connectivity index (χ3v) is 6.72. The van der Waals surface area contributed by atoms with Crippen LogP contribution in [0.5, 0.6) is 5.75 Å². The van der Waals surface area contributed by atoms with Gasteiger partial charge in [-0.1, -0.05) is 54.1 Å². The lowest BCUT2D eigenvalue weighted by molar-refractivity contribution is 0.0586. The Morgan fingerprint density at radius 3 is 2.57 bits per heavy atom. The Hall–Kier alpha value is -3.07. The smallest absolute Gasteiger partial charge is 0.254 e. The minimum absolute atomic E-state index is 0.151. The molecule has 152 valence electrons. The number of hydrogen-bond acceptors (Lipinski definition) is 2. The van der Waals surface area contributed by atoms with Crippen molar-refractivity contribution in [1.82, 2.24) is 4.90 Å². The summed E-state index contributed by atoms with van der Waals surface area (Å²) in [5.74, 6) is 1.26. The van der Waals surface area contributed by atoms with Gasteiger partial charge in [-0.3, -0.25) is 4.79 Å². The molecule has 3 heteroatoms. The first-order chi connectivity index (χ1) is 14.6. The van der Waals surface area contributed by atoms with E-state index in [4.69, 9.17) is 4.74 Å². The maximum atomic E-state index is 13.6. The summed E-state index contributed by atoms with van der Waals surface area (Å²) in [5, 5.41) is 0. The summed E-state index contributed by atoms with van der Waals surface area (Å²) in [4.78, 5) is 15.7. The van der Waals surface area contributed by atoms with Crippen LogP contribution in [0.2, 0.25) is 0 Å². The summed E-state index contributed by atoms with van der Waals surface area (Å²) >= 11 is 0. The Morgan fingerprint density at radius 2 is 1.80 bits per heavy atom. The number of carbonyl (C=O) groups excluding carboxylic acids is 1. The highest BCUT2D eigenvalue weighted by molar-refractivity contribution is 5.98. The Bertz CT molecular complexity index is 1120. The number of rotatable bonds is 3. The van der Waals surface area contributed by atoms with Crippen LogP contribution in [0.1, 0.15) is 56.1 Å². The second-order valence-electron chi connectivity index (χ2n) is 8.61. The van der Waals surface area contributed by atoms with Gasteiger partial charge in [-0.25, -0.2) is 0 Å². The number of fused-ring (bicyclic) bond motifs is 5. The zero-order valence-corrected chi connectivity index (χ0v) is 17.8. The highest BCUT2D eigenvalue weighted by atomic mass is 16.5. The minimum Gasteiger partial charge on any atom is -0.496 e. The van der Waals surface area contributed by atoms with E-state index in [1.165, 1.54) is 33.4 Å². The van der Waals surface area contributed by atoms with Crippen LogP contribution < -0.4 is 4.74 Å². The van der Waals surface area contributed by atoms with Gasteiger partial charge in [-0.05, 0) is 66.6 Å². The Labute approximate surface area is 178 Å². The van der Waals surface area contributed by atoms with E-state index in [0.29, 0.717) is 6.54 Å². The number of aryl methyl sites for hydroxylation is 3. The third-order valence-electron chi connectivity index (χ3n) is 6.72. The van der Waals surface area contributed by atoms with Crippen LogP contribution in [-0.2, 0) is 13.0 Å². The van der Waals surface area contributed by atoms with Crippen molar-refractivity contribution in [3.05, 3.63) is 99.6 Å². The van der Waals surface area contributed by atoms with Crippen LogP contribution in [0.15, 0.2) is 60.7 Å². The molecule has 0 saturated heterocycles. The van der Waals surface area contributed by atoms with Gasteiger partial charge in [0.2, 0.25) is 0 Å². The number of carbonyl (C=O) groups is 1.